The molecule has 23 heavy (non-hydrogen) atoms. The van der Waals surface area contributed by atoms with Crippen molar-refractivity contribution in [2.75, 3.05) is 18.5 Å². The molecule has 0 bridgehead atoms. The molecule has 2 atom stereocenters. The molecule has 0 spiro atoms. The van der Waals surface area contributed by atoms with E-state index in [0.717, 1.165) is 24.3 Å². The number of thiophene rings is 1. The Morgan fingerprint density at radius 2 is 2.35 bits per heavy atom. The highest BCUT2D eigenvalue weighted by Crippen LogP contribution is 2.35. The van der Waals surface area contributed by atoms with Gasteiger partial charge in [-0.2, -0.15) is 5.26 Å². The molecule has 1 saturated heterocycles. The molecule has 6 heteroatoms. The summed E-state index contributed by atoms with van der Waals surface area (Å²) in [6, 6.07) is 4.03. The van der Waals surface area contributed by atoms with E-state index in [1.54, 1.807) is 6.92 Å². The second-order valence-corrected chi connectivity index (χ2v) is 7.87. The zero-order valence-corrected chi connectivity index (χ0v) is 15.0. The number of rotatable bonds is 5. The van der Waals surface area contributed by atoms with Crippen molar-refractivity contribution in [3.63, 3.8) is 0 Å². The summed E-state index contributed by atoms with van der Waals surface area (Å²) >= 11 is 1.42. The van der Waals surface area contributed by atoms with Crippen molar-refractivity contribution in [2.24, 2.45) is 0 Å². The summed E-state index contributed by atoms with van der Waals surface area (Å²) < 4.78 is 11.1. The number of nitrogens with zero attached hydrogens (tertiary/aromatic N) is 1. The lowest BCUT2D eigenvalue weighted by Gasteiger charge is -2.16. The first-order chi connectivity index (χ1) is 10.8. The highest BCUT2D eigenvalue weighted by Gasteiger charge is 2.23. The van der Waals surface area contributed by atoms with Gasteiger partial charge in [-0.3, -0.25) is 4.79 Å². The summed E-state index contributed by atoms with van der Waals surface area (Å²) in [5.74, 6) is -0.238. The molecule has 1 amide bonds. The molecule has 1 aliphatic heterocycles. The molecular weight excluding hydrogens is 312 g/mol. The molecular formula is C17H24N2O3S. The van der Waals surface area contributed by atoms with Crippen molar-refractivity contribution >= 4 is 22.9 Å². The van der Waals surface area contributed by atoms with Crippen molar-refractivity contribution < 1.29 is 14.3 Å². The fourth-order valence-corrected chi connectivity index (χ4v) is 3.24. The molecule has 2 rings (SSSR count). The highest BCUT2D eigenvalue weighted by molar-refractivity contribution is 7.13. The summed E-state index contributed by atoms with van der Waals surface area (Å²) in [4.78, 5) is 13.9. The number of anilines is 1. The van der Waals surface area contributed by atoms with Gasteiger partial charge in [-0.05, 0) is 31.2 Å². The molecule has 5 nitrogen and oxygen atoms in total. The summed E-state index contributed by atoms with van der Waals surface area (Å²) in [7, 11) is 0. The smallest absolute Gasteiger partial charge is 0.253 e. The van der Waals surface area contributed by atoms with Crippen molar-refractivity contribution in [3.8, 4) is 6.07 Å². The van der Waals surface area contributed by atoms with Crippen LogP contribution in [0.25, 0.3) is 0 Å². The maximum absolute atomic E-state index is 12.3. The van der Waals surface area contributed by atoms with Crippen molar-refractivity contribution in [1.82, 2.24) is 0 Å². The first kappa shape index (κ1) is 17.9. The first-order valence-electron chi connectivity index (χ1n) is 7.89. The summed E-state index contributed by atoms with van der Waals surface area (Å²) in [6.07, 6.45) is 1.54. The van der Waals surface area contributed by atoms with Crippen LogP contribution in [0.1, 0.15) is 50.3 Å². The third kappa shape index (κ3) is 4.77. The Morgan fingerprint density at radius 3 is 2.91 bits per heavy atom. The standard InChI is InChI=1S/C17H24N2O3S/c1-11(22-10-12-6-5-7-21-12)16(20)19-13-8-15(17(2,3)4)23-14(13)9-18/h8,11-12H,5-7,10H2,1-4H3,(H,19,20)/t11-,12+/m0/s1. The zero-order chi connectivity index (χ0) is 17.0. The Labute approximate surface area is 141 Å². The number of nitriles is 1. The van der Waals surface area contributed by atoms with Crippen LogP contribution in [-0.4, -0.2) is 31.3 Å². The monoisotopic (exact) mass is 336 g/mol. The Bertz CT molecular complexity index is 592. The molecule has 0 radical (unpaired) electrons. The van der Waals surface area contributed by atoms with Crippen LogP contribution in [0.15, 0.2) is 6.07 Å². The number of hydrogen-bond donors (Lipinski definition) is 1. The summed E-state index contributed by atoms with van der Waals surface area (Å²) in [5, 5.41) is 12.1. The van der Waals surface area contributed by atoms with Crippen LogP contribution in [-0.2, 0) is 19.7 Å². The van der Waals surface area contributed by atoms with Crippen molar-refractivity contribution in [3.05, 3.63) is 15.8 Å². The normalized spacial score (nSPS) is 19.3. The molecule has 1 fully saturated rings. The van der Waals surface area contributed by atoms with Gasteiger partial charge in [-0.15, -0.1) is 11.3 Å². The SMILES string of the molecule is C[C@H](OC[C@H]1CCCO1)C(=O)Nc1cc(C(C)(C)C)sc1C#N. The van der Waals surface area contributed by atoms with Crippen LogP contribution in [0.2, 0.25) is 0 Å². The van der Waals surface area contributed by atoms with Crippen LogP contribution < -0.4 is 5.32 Å². The van der Waals surface area contributed by atoms with E-state index in [4.69, 9.17) is 9.47 Å². The molecule has 0 unspecified atom stereocenters. The van der Waals surface area contributed by atoms with E-state index in [-0.39, 0.29) is 17.4 Å². The Kier molecular flexibility index (Phi) is 5.79. The van der Waals surface area contributed by atoms with E-state index >= 15 is 0 Å². The third-order valence-corrected chi connectivity index (χ3v) is 5.22. The minimum Gasteiger partial charge on any atom is -0.376 e. The van der Waals surface area contributed by atoms with Gasteiger partial charge >= 0.3 is 0 Å². The Morgan fingerprint density at radius 1 is 1.61 bits per heavy atom. The predicted octanol–water partition coefficient (Wildman–Crippen LogP) is 3.44. The van der Waals surface area contributed by atoms with Crippen LogP contribution in [0.4, 0.5) is 5.69 Å². The van der Waals surface area contributed by atoms with E-state index < -0.39 is 6.10 Å². The topological polar surface area (TPSA) is 71.3 Å². The molecule has 0 aliphatic carbocycles. The minimum absolute atomic E-state index is 0.0544. The summed E-state index contributed by atoms with van der Waals surface area (Å²) in [6.45, 7) is 9.16. The second-order valence-electron chi connectivity index (χ2n) is 6.82. The van der Waals surface area contributed by atoms with Gasteiger partial charge in [-0.25, -0.2) is 0 Å². The van der Waals surface area contributed by atoms with E-state index in [2.05, 4.69) is 32.2 Å². The van der Waals surface area contributed by atoms with E-state index in [1.807, 2.05) is 6.07 Å². The lowest BCUT2D eigenvalue weighted by atomic mass is 9.94. The lowest BCUT2D eigenvalue weighted by molar-refractivity contribution is -0.128. The number of ether oxygens (including phenoxy) is 2. The third-order valence-electron chi connectivity index (χ3n) is 3.76. The molecule has 1 aliphatic rings. The average molecular weight is 336 g/mol. The fraction of sp³-hybridized carbons (Fsp3) is 0.647. The molecule has 1 aromatic heterocycles. The largest absolute Gasteiger partial charge is 0.376 e. The fourth-order valence-electron chi connectivity index (χ4n) is 2.27. The van der Waals surface area contributed by atoms with Crippen molar-refractivity contribution in [2.45, 2.75) is 58.2 Å². The molecule has 1 aromatic rings. The minimum atomic E-state index is -0.580. The average Bonchev–Trinajstić information content (AvgIpc) is 3.13. The molecule has 126 valence electrons. The number of amides is 1. The number of carbonyl (C=O) groups excluding carboxylic acids is 1. The van der Waals surface area contributed by atoms with Gasteiger partial charge in [0.25, 0.3) is 5.91 Å². The Balaban J connectivity index is 1.96. The maximum atomic E-state index is 12.3. The van der Waals surface area contributed by atoms with Gasteiger partial charge in [0, 0.05) is 11.5 Å². The van der Waals surface area contributed by atoms with Crippen LogP contribution in [0.5, 0.6) is 0 Å². The number of nitrogens with one attached hydrogen (secondary N) is 1. The maximum Gasteiger partial charge on any atom is 0.253 e. The molecule has 0 aromatic carbocycles. The highest BCUT2D eigenvalue weighted by atomic mass is 32.1. The Hall–Kier alpha value is -1.42. The molecule has 1 N–H and O–H groups in total. The van der Waals surface area contributed by atoms with Gasteiger partial charge in [0.2, 0.25) is 0 Å². The van der Waals surface area contributed by atoms with Gasteiger partial charge in [0.15, 0.2) is 0 Å². The zero-order valence-electron chi connectivity index (χ0n) is 14.1. The van der Waals surface area contributed by atoms with Crippen LogP contribution >= 0.6 is 11.3 Å². The van der Waals surface area contributed by atoms with Gasteiger partial charge in [0.05, 0.1) is 18.4 Å². The van der Waals surface area contributed by atoms with Crippen LogP contribution in [0, 0.1) is 11.3 Å². The van der Waals surface area contributed by atoms with Gasteiger partial charge in [0.1, 0.15) is 17.1 Å². The molecule has 2 heterocycles. The lowest BCUT2D eigenvalue weighted by Crippen LogP contribution is -2.30. The second kappa shape index (κ2) is 7.43. The van der Waals surface area contributed by atoms with Crippen LogP contribution in [0.3, 0.4) is 0 Å². The first-order valence-corrected chi connectivity index (χ1v) is 8.71. The van der Waals surface area contributed by atoms with E-state index in [1.165, 1.54) is 11.3 Å². The van der Waals surface area contributed by atoms with E-state index in [9.17, 15) is 10.1 Å². The van der Waals surface area contributed by atoms with Crippen molar-refractivity contribution in [1.29, 1.82) is 5.26 Å². The quantitative estimate of drug-likeness (QED) is 0.894. The number of hydrogen-bond acceptors (Lipinski definition) is 5. The summed E-state index contributed by atoms with van der Waals surface area (Å²) in [5.41, 5.74) is 0.515. The predicted molar refractivity (Wildman–Crippen MR) is 90.8 cm³/mol. The number of carbonyl (C=O) groups is 1. The van der Waals surface area contributed by atoms with Gasteiger partial charge < -0.3 is 14.8 Å². The van der Waals surface area contributed by atoms with E-state index in [0.29, 0.717) is 17.2 Å². The molecule has 0 saturated carbocycles. The van der Waals surface area contributed by atoms with Gasteiger partial charge in [-0.1, -0.05) is 20.8 Å².